The Kier molecular flexibility index (Phi) is 6.31. The molecule has 0 radical (unpaired) electrons. The number of carbonyl (C=O) groups is 1. The van der Waals surface area contributed by atoms with Crippen molar-refractivity contribution in [2.75, 3.05) is 7.11 Å². The van der Waals surface area contributed by atoms with Gasteiger partial charge in [0.25, 0.3) is 0 Å². The lowest BCUT2D eigenvalue weighted by Gasteiger charge is -2.31. The molecule has 2 aliphatic rings. The summed E-state index contributed by atoms with van der Waals surface area (Å²) < 4.78 is 17.1. The number of allylic oxidation sites excluding steroid dienone is 3. The number of rotatable bonds is 5. The molecule has 0 saturated carbocycles. The third kappa shape index (κ3) is 4.14. The van der Waals surface area contributed by atoms with E-state index in [1.54, 1.807) is 30.3 Å². The summed E-state index contributed by atoms with van der Waals surface area (Å²) in [5.41, 5.74) is 8.28. The molecule has 164 valence electrons. The molecule has 2 N–H and O–H groups in total. The number of nitrogens with two attached hydrogens (primary N) is 1. The zero-order valence-corrected chi connectivity index (χ0v) is 18.8. The van der Waals surface area contributed by atoms with Gasteiger partial charge in [0.1, 0.15) is 24.0 Å². The molecule has 1 aliphatic carbocycles. The second-order valence-electron chi connectivity index (χ2n) is 7.49. The van der Waals surface area contributed by atoms with Gasteiger partial charge in [-0.15, -0.1) is 0 Å². The molecular formula is C24H20Cl2N2O4. The molecule has 8 heteroatoms. The van der Waals surface area contributed by atoms with Gasteiger partial charge in [-0.3, -0.25) is 4.79 Å². The molecule has 0 bridgehead atoms. The quantitative estimate of drug-likeness (QED) is 0.628. The predicted molar refractivity (Wildman–Crippen MR) is 120 cm³/mol. The first-order valence-electron chi connectivity index (χ1n) is 10.0. The van der Waals surface area contributed by atoms with Crippen LogP contribution < -0.4 is 15.2 Å². The van der Waals surface area contributed by atoms with Crippen LogP contribution in [0.25, 0.3) is 0 Å². The number of hydrogen-bond acceptors (Lipinski definition) is 6. The van der Waals surface area contributed by atoms with Gasteiger partial charge >= 0.3 is 0 Å². The van der Waals surface area contributed by atoms with Crippen molar-refractivity contribution in [3.05, 3.63) is 80.4 Å². The van der Waals surface area contributed by atoms with Crippen LogP contribution in [0.4, 0.5) is 0 Å². The Labute approximate surface area is 195 Å². The molecule has 1 aliphatic heterocycles. The number of halogens is 2. The molecule has 0 aromatic heterocycles. The van der Waals surface area contributed by atoms with Crippen molar-refractivity contribution in [2.24, 2.45) is 5.73 Å². The molecule has 0 saturated heterocycles. The van der Waals surface area contributed by atoms with Crippen LogP contribution in [0.3, 0.4) is 0 Å². The first-order chi connectivity index (χ1) is 15.4. The van der Waals surface area contributed by atoms with Crippen LogP contribution in [0.15, 0.2) is 59.2 Å². The second kappa shape index (κ2) is 9.15. The highest BCUT2D eigenvalue weighted by Crippen LogP contribution is 2.45. The monoisotopic (exact) mass is 470 g/mol. The van der Waals surface area contributed by atoms with E-state index in [0.717, 1.165) is 5.56 Å². The first-order valence-corrected chi connectivity index (χ1v) is 10.8. The third-order valence-corrected chi connectivity index (χ3v) is 6.24. The minimum Gasteiger partial charge on any atom is -0.493 e. The number of methoxy groups -OCH3 is 1. The maximum atomic E-state index is 12.7. The number of carbonyl (C=O) groups excluding carboxylic acids is 1. The summed E-state index contributed by atoms with van der Waals surface area (Å²) in [5, 5.41) is 10.6. The molecule has 0 unspecified atom stereocenters. The Morgan fingerprint density at radius 3 is 2.69 bits per heavy atom. The van der Waals surface area contributed by atoms with Crippen molar-refractivity contribution in [2.45, 2.75) is 31.8 Å². The Bertz CT molecular complexity index is 1200. The second-order valence-corrected chi connectivity index (χ2v) is 8.30. The van der Waals surface area contributed by atoms with Crippen molar-refractivity contribution >= 4 is 29.0 Å². The van der Waals surface area contributed by atoms with Gasteiger partial charge in [0, 0.05) is 18.4 Å². The molecule has 1 heterocycles. The van der Waals surface area contributed by atoms with E-state index in [2.05, 4.69) is 6.07 Å². The van der Waals surface area contributed by atoms with Gasteiger partial charge in [-0.1, -0.05) is 35.3 Å². The van der Waals surface area contributed by atoms with Crippen LogP contribution in [0.2, 0.25) is 10.0 Å². The minimum atomic E-state index is -0.602. The fourth-order valence-electron chi connectivity index (χ4n) is 3.96. The normalized spacial score (nSPS) is 18.1. The zero-order chi connectivity index (χ0) is 22.8. The lowest BCUT2D eigenvalue weighted by molar-refractivity contribution is -0.116. The minimum absolute atomic E-state index is 0.0320. The molecule has 0 fully saturated rings. The maximum Gasteiger partial charge on any atom is 0.205 e. The highest BCUT2D eigenvalue weighted by atomic mass is 35.5. The van der Waals surface area contributed by atoms with Crippen molar-refractivity contribution < 1.29 is 19.0 Å². The fraction of sp³-hybridized carbons (Fsp3) is 0.250. The highest BCUT2D eigenvalue weighted by Gasteiger charge is 2.38. The largest absolute Gasteiger partial charge is 0.493 e. The number of Topliss-reactive ketones (excluding diaryl/α,β-unsaturated/α-hetero) is 1. The molecule has 0 amide bonds. The van der Waals surface area contributed by atoms with Crippen LogP contribution in [0, 0.1) is 11.3 Å². The van der Waals surface area contributed by atoms with Crippen LogP contribution in [-0.4, -0.2) is 12.9 Å². The smallest absolute Gasteiger partial charge is 0.205 e. The van der Waals surface area contributed by atoms with E-state index in [0.29, 0.717) is 57.7 Å². The lowest BCUT2D eigenvalue weighted by atomic mass is 9.77. The Hall–Kier alpha value is -3.14. The van der Waals surface area contributed by atoms with Gasteiger partial charge in [0.05, 0.1) is 23.1 Å². The Morgan fingerprint density at radius 2 is 1.97 bits per heavy atom. The van der Waals surface area contributed by atoms with Crippen LogP contribution in [0.5, 0.6) is 11.5 Å². The standard InChI is InChI=1S/C24H20Cl2N2O4/c1-30-21-10-14(6-8-19(21)31-12-13-5-7-16(25)17(26)9-13)22-15(11-27)24(28)32-20-4-2-3-18(29)23(20)22/h5-10,22H,2-4,12,28H2,1H3/t22-/m0/s1. The average Bonchev–Trinajstić information content (AvgIpc) is 2.79. The van der Waals surface area contributed by atoms with Gasteiger partial charge in [-0.2, -0.15) is 5.26 Å². The molecule has 32 heavy (non-hydrogen) atoms. The van der Waals surface area contributed by atoms with Crippen molar-refractivity contribution in [3.8, 4) is 17.6 Å². The Morgan fingerprint density at radius 1 is 1.16 bits per heavy atom. The SMILES string of the molecule is COc1cc([C@H]2C(C#N)=C(N)OC3=C2C(=O)CCC3)ccc1OCc1ccc(Cl)c(Cl)c1. The number of ether oxygens (including phenoxy) is 3. The lowest BCUT2D eigenvalue weighted by Crippen LogP contribution is -2.27. The maximum absolute atomic E-state index is 12.7. The third-order valence-electron chi connectivity index (χ3n) is 5.50. The summed E-state index contributed by atoms with van der Waals surface area (Å²) in [6.45, 7) is 0.258. The Balaban J connectivity index is 1.67. The molecule has 4 rings (SSSR count). The number of hydrogen-bond donors (Lipinski definition) is 1. The molecule has 2 aromatic carbocycles. The van der Waals surface area contributed by atoms with E-state index in [1.165, 1.54) is 7.11 Å². The molecule has 2 aromatic rings. The van der Waals surface area contributed by atoms with Gasteiger partial charge in [-0.25, -0.2) is 0 Å². The summed E-state index contributed by atoms with van der Waals surface area (Å²) in [7, 11) is 1.53. The van der Waals surface area contributed by atoms with Crippen LogP contribution in [0.1, 0.15) is 36.3 Å². The van der Waals surface area contributed by atoms with E-state index >= 15 is 0 Å². The van der Waals surface area contributed by atoms with Crippen molar-refractivity contribution in [1.82, 2.24) is 0 Å². The van der Waals surface area contributed by atoms with E-state index < -0.39 is 5.92 Å². The zero-order valence-electron chi connectivity index (χ0n) is 17.3. The summed E-state index contributed by atoms with van der Waals surface area (Å²) in [5.74, 6) is 0.917. The van der Waals surface area contributed by atoms with Crippen molar-refractivity contribution in [1.29, 1.82) is 5.26 Å². The van der Waals surface area contributed by atoms with E-state index in [9.17, 15) is 10.1 Å². The fourth-order valence-corrected chi connectivity index (χ4v) is 4.28. The summed E-state index contributed by atoms with van der Waals surface area (Å²) in [4.78, 5) is 12.7. The topological polar surface area (TPSA) is 94.6 Å². The summed E-state index contributed by atoms with van der Waals surface area (Å²) in [6.07, 6.45) is 1.72. The van der Waals surface area contributed by atoms with E-state index in [4.69, 9.17) is 43.1 Å². The van der Waals surface area contributed by atoms with E-state index in [-0.39, 0.29) is 23.8 Å². The number of ketones is 1. The average molecular weight is 471 g/mol. The number of nitriles is 1. The van der Waals surface area contributed by atoms with E-state index in [1.807, 2.05) is 6.07 Å². The molecular weight excluding hydrogens is 451 g/mol. The highest BCUT2D eigenvalue weighted by molar-refractivity contribution is 6.42. The molecule has 0 spiro atoms. The summed E-state index contributed by atoms with van der Waals surface area (Å²) >= 11 is 12.0. The first kappa shape index (κ1) is 22.1. The number of benzene rings is 2. The molecule has 1 atom stereocenters. The van der Waals surface area contributed by atoms with Crippen LogP contribution in [-0.2, 0) is 16.1 Å². The van der Waals surface area contributed by atoms with Gasteiger partial charge in [0.15, 0.2) is 17.3 Å². The predicted octanol–water partition coefficient (Wildman–Crippen LogP) is 5.40. The van der Waals surface area contributed by atoms with Crippen LogP contribution >= 0.6 is 23.2 Å². The summed E-state index contributed by atoms with van der Waals surface area (Å²) in [6, 6.07) is 12.7. The van der Waals surface area contributed by atoms with Gasteiger partial charge in [0.2, 0.25) is 5.88 Å². The van der Waals surface area contributed by atoms with Gasteiger partial charge in [-0.05, 0) is 41.8 Å². The molecule has 6 nitrogen and oxygen atoms in total. The van der Waals surface area contributed by atoms with Crippen molar-refractivity contribution in [3.63, 3.8) is 0 Å². The van der Waals surface area contributed by atoms with Gasteiger partial charge < -0.3 is 19.9 Å². The number of nitrogens with zero attached hydrogens (tertiary/aromatic N) is 1.